The van der Waals surface area contributed by atoms with Crippen molar-refractivity contribution in [2.24, 2.45) is 5.73 Å². The van der Waals surface area contributed by atoms with Crippen LogP contribution in [0.3, 0.4) is 0 Å². The molecular weight excluding hydrogens is 378 g/mol. The number of aromatic amines is 1. The second kappa shape index (κ2) is 7.31. The van der Waals surface area contributed by atoms with Crippen molar-refractivity contribution in [1.82, 2.24) is 10.3 Å². The van der Waals surface area contributed by atoms with E-state index < -0.39 is 17.8 Å². The molecule has 6 nitrogen and oxygen atoms in total. The maximum atomic E-state index is 13.2. The van der Waals surface area contributed by atoms with E-state index in [2.05, 4.69) is 16.4 Å². The van der Waals surface area contributed by atoms with Gasteiger partial charge in [-0.2, -0.15) is 0 Å². The lowest BCUT2D eigenvalue weighted by molar-refractivity contribution is -0.136. The number of hydrogen-bond donors (Lipinski definition) is 3. The van der Waals surface area contributed by atoms with E-state index >= 15 is 0 Å². The molecule has 1 amide bonds. The molecule has 6 heteroatoms. The predicted octanol–water partition coefficient (Wildman–Crippen LogP) is 3.25. The van der Waals surface area contributed by atoms with Crippen LogP contribution in [0.2, 0.25) is 0 Å². The van der Waals surface area contributed by atoms with Crippen LogP contribution in [-0.4, -0.2) is 29.9 Å². The van der Waals surface area contributed by atoms with Gasteiger partial charge in [0.25, 0.3) is 5.91 Å². The van der Waals surface area contributed by atoms with E-state index in [1.54, 1.807) is 12.1 Å². The third-order valence-electron chi connectivity index (χ3n) is 5.73. The molecule has 1 aromatic heterocycles. The number of aromatic nitrogens is 1. The first kappa shape index (κ1) is 18.4. The van der Waals surface area contributed by atoms with Gasteiger partial charge in [0.1, 0.15) is 11.7 Å². The van der Waals surface area contributed by atoms with Crippen LogP contribution in [-0.2, 0) is 11.2 Å². The molecule has 0 fully saturated rings. The molecule has 0 saturated carbocycles. The number of fused-ring (bicyclic) bond motifs is 4. The van der Waals surface area contributed by atoms with Gasteiger partial charge in [-0.3, -0.25) is 9.59 Å². The molecule has 0 radical (unpaired) electrons. The summed E-state index contributed by atoms with van der Waals surface area (Å²) in [6, 6.07) is 18.9. The second-order valence-corrected chi connectivity index (χ2v) is 7.51. The average Bonchev–Trinajstić information content (AvgIpc) is 2.98. The number of hydrogen-bond acceptors (Lipinski definition) is 4. The Balaban J connectivity index is 1.55. The van der Waals surface area contributed by atoms with Crippen molar-refractivity contribution in [1.29, 1.82) is 0 Å². The van der Waals surface area contributed by atoms with Crippen LogP contribution in [0.1, 0.15) is 27.5 Å². The number of carbonyl (C=O) groups is 2. The van der Waals surface area contributed by atoms with E-state index in [4.69, 9.17) is 10.5 Å². The number of H-pyrrole nitrogens is 1. The number of nitrogens with one attached hydrogen (secondary N) is 2. The molecule has 4 N–H and O–H groups in total. The number of rotatable bonds is 3. The molecule has 0 saturated heterocycles. The van der Waals surface area contributed by atoms with Crippen LogP contribution in [0.5, 0.6) is 5.75 Å². The number of benzene rings is 3. The third-order valence-corrected chi connectivity index (χ3v) is 5.73. The van der Waals surface area contributed by atoms with Crippen molar-refractivity contribution < 1.29 is 14.3 Å². The zero-order valence-corrected chi connectivity index (χ0v) is 16.3. The molecule has 30 heavy (non-hydrogen) atoms. The second-order valence-electron chi connectivity index (χ2n) is 7.51. The summed E-state index contributed by atoms with van der Waals surface area (Å²) >= 11 is 0. The molecule has 5 rings (SSSR count). The normalized spacial score (nSPS) is 16.2. The van der Waals surface area contributed by atoms with E-state index in [1.165, 1.54) is 0 Å². The Morgan fingerprint density at radius 3 is 2.57 bits per heavy atom. The van der Waals surface area contributed by atoms with Crippen molar-refractivity contribution in [3.63, 3.8) is 0 Å². The summed E-state index contributed by atoms with van der Waals surface area (Å²) in [5.41, 5.74) is 8.86. The summed E-state index contributed by atoms with van der Waals surface area (Å²) in [6.45, 7) is 1.24. The van der Waals surface area contributed by atoms with Gasteiger partial charge < -0.3 is 20.8 Å². The highest BCUT2D eigenvalue weighted by atomic mass is 16.5. The first-order valence-electron chi connectivity index (χ1n) is 9.97. The molecule has 1 aliphatic heterocycles. The first-order valence-corrected chi connectivity index (χ1v) is 9.97. The average molecular weight is 399 g/mol. The number of para-hydroxylation sites is 1. The Hall–Kier alpha value is -3.64. The van der Waals surface area contributed by atoms with Crippen LogP contribution < -0.4 is 15.8 Å². The van der Waals surface area contributed by atoms with Gasteiger partial charge in [0.15, 0.2) is 0 Å². The fourth-order valence-electron chi connectivity index (χ4n) is 4.32. The van der Waals surface area contributed by atoms with E-state index in [-0.39, 0.29) is 11.3 Å². The summed E-state index contributed by atoms with van der Waals surface area (Å²) in [4.78, 5) is 28.8. The molecular formula is C24H21N3O3. The number of esters is 1. The summed E-state index contributed by atoms with van der Waals surface area (Å²) in [6.07, 6.45) is 0.825. The van der Waals surface area contributed by atoms with Crippen LogP contribution in [0.4, 0.5) is 0 Å². The Bertz CT molecular complexity index is 1290. The van der Waals surface area contributed by atoms with Crippen LogP contribution >= 0.6 is 0 Å². The molecule has 0 aliphatic carbocycles. The minimum Gasteiger partial charge on any atom is -0.425 e. The van der Waals surface area contributed by atoms with Gasteiger partial charge in [0, 0.05) is 23.1 Å². The smallest absolute Gasteiger partial charge is 0.321 e. The topological polar surface area (TPSA) is 97.2 Å². The Morgan fingerprint density at radius 1 is 0.967 bits per heavy atom. The Labute approximate surface area is 173 Å². The summed E-state index contributed by atoms with van der Waals surface area (Å²) in [5, 5.41) is 5.97. The Morgan fingerprint density at radius 2 is 1.73 bits per heavy atom. The SMILES string of the molecule is NC(=O)c1c(OC(=O)C2CNCCc3c2[nH]c2ccccc32)ccc2ccccc12. The molecule has 1 atom stereocenters. The molecule has 0 bridgehead atoms. The quantitative estimate of drug-likeness (QED) is 0.364. The van der Waals surface area contributed by atoms with Crippen molar-refractivity contribution in [2.45, 2.75) is 12.3 Å². The predicted molar refractivity (Wildman–Crippen MR) is 116 cm³/mol. The number of ether oxygens (including phenoxy) is 1. The van der Waals surface area contributed by atoms with Gasteiger partial charge in [0.2, 0.25) is 0 Å². The molecule has 1 unspecified atom stereocenters. The Kier molecular flexibility index (Phi) is 4.48. The number of carbonyl (C=O) groups excluding carboxylic acids is 2. The van der Waals surface area contributed by atoms with E-state index in [9.17, 15) is 9.59 Å². The van der Waals surface area contributed by atoms with Gasteiger partial charge in [-0.15, -0.1) is 0 Å². The monoisotopic (exact) mass is 399 g/mol. The lowest BCUT2D eigenvalue weighted by Crippen LogP contribution is -2.29. The van der Waals surface area contributed by atoms with Gasteiger partial charge in [-0.25, -0.2) is 0 Å². The van der Waals surface area contributed by atoms with E-state index in [1.807, 2.05) is 42.5 Å². The van der Waals surface area contributed by atoms with Crippen LogP contribution in [0, 0.1) is 0 Å². The van der Waals surface area contributed by atoms with Gasteiger partial charge in [-0.05, 0) is 41.4 Å². The molecule has 2 heterocycles. The fourth-order valence-corrected chi connectivity index (χ4v) is 4.32. The zero-order chi connectivity index (χ0) is 20.7. The lowest BCUT2D eigenvalue weighted by atomic mass is 9.99. The van der Waals surface area contributed by atoms with Gasteiger partial charge in [0.05, 0.1) is 5.56 Å². The van der Waals surface area contributed by atoms with Crippen molar-refractivity contribution in [2.75, 3.05) is 13.1 Å². The minimum absolute atomic E-state index is 0.188. The van der Waals surface area contributed by atoms with Crippen LogP contribution in [0.25, 0.3) is 21.7 Å². The minimum atomic E-state index is -0.625. The highest BCUT2D eigenvalue weighted by molar-refractivity contribution is 6.09. The first-order chi connectivity index (χ1) is 14.6. The number of primary amides is 1. The van der Waals surface area contributed by atoms with Gasteiger partial charge in [-0.1, -0.05) is 48.5 Å². The summed E-state index contributed by atoms with van der Waals surface area (Å²) in [5.74, 6) is -1.37. The molecule has 1 aliphatic rings. The van der Waals surface area contributed by atoms with E-state index in [0.29, 0.717) is 11.9 Å². The summed E-state index contributed by atoms with van der Waals surface area (Å²) < 4.78 is 5.76. The number of nitrogens with two attached hydrogens (primary N) is 1. The molecule has 3 aromatic carbocycles. The standard InChI is InChI=1S/C24H21N3O3/c25-23(28)21-15-6-2-1-5-14(15)9-10-20(21)30-24(29)18-13-26-12-11-17-16-7-3-4-8-19(16)27-22(17)18/h1-10,18,26-27H,11-13H2,(H2,25,28). The van der Waals surface area contributed by atoms with Crippen LogP contribution in [0.15, 0.2) is 60.7 Å². The van der Waals surface area contributed by atoms with E-state index in [0.717, 1.165) is 40.5 Å². The highest BCUT2D eigenvalue weighted by Gasteiger charge is 2.30. The largest absolute Gasteiger partial charge is 0.425 e. The number of amides is 1. The van der Waals surface area contributed by atoms with Crippen molar-refractivity contribution >= 4 is 33.6 Å². The lowest BCUT2D eigenvalue weighted by Gasteiger charge is -2.16. The maximum absolute atomic E-state index is 13.2. The molecule has 4 aromatic rings. The summed E-state index contributed by atoms with van der Waals surface area (Å²) in [7, 11) is 0. The van der Waals surface area contributed by atoms with Gasteiger partial charge >= 0.3 is 5.97 Å². The molecule has 150 valence electrons. The van der Waals surface area contributed by atoms with Crippen molar-refractivity contribution in [3.8, 4) is 5.75 Å². The third kappa shape index (κ3) is 3.02. The maximum Gasteiger partial charge on any atom is 0.321 e. The zero-order valence-electron chi connectivity index (χ0n) is 16.3. The van der Waals surface area contributed by atoms with Crippen molar-refractivity contribution in [3.05, 3.63) is 77.5 Å². The fraction of sp³-hybridized carbons (Fsp3) is 0.167. The highest BCUT2D eigenvalue weighted by Crippen LogP contribution is 2.33. The molecule has 0 spiro atoms.